The molecule has 0 aromatic carbocycles. The summed E-state index contributed by atoms with van der Waals surface area (Å²) >= 11 is 0. The van der Waals surface area contributed by atoms with Gasteiger partial charge in [0.1, 0.15) is 0 Å². The van der Waals surface area contributed by atoms with E-state index in [1.807, 2.05) is 0 Å². The molecule has 0 rings (SSSR count). The predicted molar refractivity (Wildman–Crippen MR) is 70.4 cm³/mol. The van der Waals surface area contributed by atoms with Crippen molar-refractivity contribution < 1.29 is 0 Å². The van der Waals surface area contributed by atoms with Crippen LogP contribution in [0.3, 0.4) is 0 Å². The molecule has 0 N–H and O–H groups in total. The minimum atomic E-state index is -0.747. The van der Waals surface area contributed by atoms with Crippen LogP contribution in [0.4, 0.5) is 0 Å². The van der Waals surface area contributed by atoms with Crippen molar-refractivity contribution in [2.45, 2.75) is 77.1 Å². The van der Waals surface area contributed by atoms with E-state index in [9.17, 15) is 0 Å². The van der Waals surface area contributed by atoms with Crippen LogP contribution >= 0.6 is 0 Å². The second kappa shape index (κ2) is 8.52. The van der Waals surface area contributed by atoms with Crippen molar-refractivity contribution >= 4 is 8.07 Å². The molecular formula is C13H29Si. The summed E-state index contributed by atoms with van der Waals surface area (Å²) in [6.07, 6.45) is 11.1. The van der Waals surface area contributed by atoms with Crippen molar-refractivity contribution in [3.05, 3.63) is 6.92 Å². The zero-order valence-corrected chi connectivity index (χ0v) is 11.6. The molecule has 0 bridgehead atoms. The van der Waals surface area contributed by atoms with Crippen LogP contribution in [0.2, 0.25) is 25.7 Å². The van der Waals surface area contributed by atoms with Gasteiger partial charge >= 0.3 is 0 Å². The van der Waals surface area contributed by atoms with E-state index in [1.54, 1.807) is 0 Å². The van der Waals surface area contributed by atoms with Crippen molar-refractivity contribution in [3.8, 4) is 0 Å². The third kappa shape index (κ3) is 12.2. The minimum Gasteiger partial charge on any atom is -0.0695 e. The molecule has 0 nitrogen and oxygen atoms in total. The van der Waals surface area contributed by atoms with E-state index in [0.717, 1.165) is 6.42 Å². The maximum absolute atomic E-state index is 3.86. The van der Waals surface area contributed by atoms with Gasteiger partial charge in [-0.05, 0) is 0 Å². The lowest BCUT2D eigenvalue weighted by Gasteiger charge is -2.14. The normalized spacial score (nSPS) is 12.0. The third-order valence-electron chi connectivity index (χ3n) is 2.68. The molecule has 0 fully saturated rings. The van der Waals surface area contributed by atoms with Crippen molar-refractivity contribution in [2.75, 3.05) is 0 Å². The molecule has 0 aliphatic heterocycles. The van der Waals surface area contributed by atoms with Gasteiger partial charge in [0.05, 0.1) is 0 Å². The summed E-state index contributed by atoms with van der Waals surface area (Å²) in [6.45, 7) is 11.3. The molecule has 0 aromatic rings. The lowest BCUT2D eigenvalue weighted by Crippen LogP contribution is -2.18. The van der Waals surface area contributed by atoms with Gasteiger partial charge in [0.25, 0.3) is 0 Å². The lowest BCUT2D eigenvalue weighted by molar-refractivity contribution is 0.590. The molecule has 1 radical (unpaired) electrons. The molecule has 0 aliphatic rings. The van der Waals surface area contributed by atoms with Crippen LogP contribution in [0.15, 0.2) is 0 Å². The Bertz CT molecular complexity index is 113. The molecule has 14 heavy (non-hydrogen) atoms. The van der Waals surface area contributed by atoms with E-state index >= 15 is 0 Å². The lowest BCUT2D eigenvalue weighted by atomic mass is 10.1. The largest absolute Gasteiger partial charge is 0.0695 e. The van der Waals surface area contributed by atoms with Crippen LogP contribution in [0.1, 0.15) is 51.4 Å². The zero-order chi connectivity index (χ0) is 10.9. The standard InChI is InChI=1S/C13H29Si/c1-5-6-7-8-9-10-11-12-13-14(2,3)4/h1,5-13H2,2-4H3. The summed E-state index contributed by atoms with van der Waals surface area (Å²) in [7, 11) is -0.747. The predicted octanol–water partition coefficient (Wildman–Crippen LogP) is 5.28. The van der Waals surface area contributed by atoms with Crippen LogP contribution in [-0.2, 0) is 0 Å². The van der Waals surface area contributed by atoms with Gasteiger partial charge in [-0.2, -0.15) is 0 Å². The Balaban J connectivity index is 2.99. The van der Waals surface area contributed by atoms with Gasteiger partial charge in [0, 0.05) is 8.07 Å². The monoisotopic (exact) mass is 213 g/mol. The Hall–Kier alpha value is 0.217. The highest BCUT2D eigenvalue weighted by Crippen LogP contribution is 2.15. The highest BCUT2D eigenvalue weighted by molar-refractivity contribution is 6.76. The van der Waals surface area contributed by atoms with Gasteiger partial charge in [-0.25, -0.2) is 0 Å². The molecule has 1 heteroatoms. The molecule has 0 aliphatic carbocycles. The van der Waals surface area contributed by atoms with Crippen molar-refractivity contribution in [3.63, 3.8) is 0 Å². The average Bonchev–Trinajstić information content (AvgIpc) is 2.08. The SMILES string of the molecule is [CH2]CCCCCCCCC[Si](C)(C)C. The molecule has 0 saturated heterocycles. The second-order valence-electron chi connectivity index (χ2n) is 5.64. The van der Waals surface area contributed by atoms with Crippen LogP contribution in [-0.4, -0.2) is 8.07 Å². The highest BCUT2D eigenvalue weighted by Gasteiger charge is 2.11. The van der Waals surface area contributed by atoms with E-state index in [2.05, 4.69) is 26.6 Å². The van der Waals surface area contributed by atoms with Crippen molar-refractivity contribution in [1.82, 2.24) is 0 Å². The molecule has 0 spiro atoms. The second-order valence-corrected chi connectivity index (χ2v) is 11.3. The minimum absolute atomic E-state index is 0.747. The number of rotatable bonds is 9. The first-order chi connectivity index (χ1) is 6.56. The fraction of sp³-hybridized carbons (Fsp3) is 0.923. The molecule has 0 amide bonds. The van der Waals surface area contributed by atoms with Gasteiger partial charge in [-0.1, -0.05) is 84.0 Å². The number of hydrogen-bond acceptors (Lipinski definition) is 0. The first-order valence-corrected chi connectivity index (χ1v) is 10.1. The molecule has 0 heterocycles. The van der Waals surface area contributed by atoms with E-state index in [1.165, 1.54) is 51.0 Å². The molecule has 0 unspecified atom stereocenters. The van der Waals surface area contributed by atoms with Gasteiger partial charge in [-0.3, -0.25) is 0 Å². The van der Waals surface area contributed by atoms with Crippen LogP contribution in [0, 0.1) is 6.92 Å². The van der Waals surface area contributed by atoms with Gasteiger partial charge in [0.2, 0.25) is 0 Å². The first-order valence-electron chi connectivity index (χ1n) is 6.35. The summed E-state index contributed by atoms with van der Waals surface area (Å²) in [4.78, 5) is 0. The Kier molecular flexibility index (Phi) is 8.65. The van der Waals surface area contributed by atoms with Crippen molar-refractivity contribution in [2.24, 2.45) is 0 Å². The smallest absolute Gasteiger partial charge is 0.0442 e. The Morgan fingerprint density at radius 3 is 1.57 bits per heavy atom. The quantitative estimate of drug-likeness (QED) is 0.361. The number of unbranched alkanes of at least 4 members (excludes halogenated alkanes) is 7. The fourth-order valence-electron chi connectivity index (χ4n) is 1.72. The Morgan fingerprint density at radius 2 is 1.14 bits per heavy atom. The Morgan fingerprint density at radius 1 is 0.714 bits per heavy atom. The van der Waals surface area contributed by atoms with E-state index in [-0.39, 0.29) is 0 Å². The highest BCUT2D eigenvalue weighted by atomic mass is 28.3. The molecular weight excluding hydrogens is 184 g/mol. The van der Waals surface area contributed by atoms with Crippen LogP contribution in [0.5, 0.6) is 0 Å². The molecule has 0 aromatic heterocycles. The third-order valence-corrected chi connectivity index (χ3v) is 4.53. The summed E-state index contributed by atoms with van der Waals surface area (Å²) < 4.78 is 0. The van der Waals surface area contributed by atoms with Crippen molar-refractivity contribution in [1.29, 1.82) is 0 Å². The molecule has 85 valence electrons. The first kappa shape index (κ1) is 14.2. The molecule has 0 saturated carbocycles. The van der Waals surface area contributed by atoms with E-state index in [0.29, 0.717) is 0 Å². The maximum atomic E-state index is 3.86. The van der Waals surface area contributed by atoms with E-state index < -0.39 is 8.07 Å². The average molecular weight is 213 g/mol. The van der Waals surface area contributed by atoms with Crippen LogP contribution < -0.4 is 0 Å². The van der Waals surface area contributed by atoms with Gasteiger partial charge in [-0.15, -0.1) is 0 Å². The summed E-state index contributed by atoms with van der Waals surface area (Å²) in [6, 6.07) is 1.52. The van der Waals surface area contributed by atoms with Crippen LogP contribution in [0.25, 0.3) is 0 Å². The molecule has 0 atom stereocenters. The summed E-state index contributed by atoms with van der Waals surface area (Å²) in [5.74, 6) is 0. The summed E-state index contributed by atoms with van der Waals surface area (Å²) in [5.41, 5.74) is 0. The zero-order valence-electron chi connectivity index (χ0n) is 10.6. The van der Waals surface area contributed by atoms with E-state index in [4.69, 9.17) is 0 Å². The summed E-state index contributed by atoms with van der Waals surface area (Å²) in [5, 5.41) is 0. The van der Waals surface area contributed by atoms with Gasteiger partial charge in [0.15, 0.2) is 0 Å². The van der Waals surface area contributed by atoms with Gasteiger partial charge < -0.3 is 0 Å². The topological polar surface area (TPSA) is 0 Å². The number of hydrogen-bond donors (Lipinski definition) is 0. The maximum Gasteiger partial charge on any atom is 0.0442 e. The Labute approximate surface area is 92.5 Å². The fourth-order valence-corrected chi connectivity index (χ4v) is 3.03.